The molecule has 1 heterocycles. The minimum atomic E-state index is -0.325. The molecule has 0 bridgehead atoms. The zero-order valence-corrected chi connectivity index (χ0v) is 10.2. The van der Waals surface area contributed by atoms with Crippen LogP contribution in [-0.4, -0.2) is 37.2 Å². The van der Waals surface area contributed by atoms with Crippen LogP contribution in [-0.2, 0) is 0 Å². The third-order valence-corrected chi connectivity index (χ3v) is 2.84. The highest BCUT2D eigenvalue weighted by molar-refractivity contribution is 5.74. The molecule has 1 saturated heterocycles. The van der Waals surface area contributed by atoms with Gasteiger partial charge in [-0.3, -0.25) is 0 Å². The Labute approximate surface area is 106 Å². The van der Waals surface area contributed by atoms with E-state index in [9.17, 15) is 9.18 Å². The fourth-order valence-corrected chi connectivity index (χ4v) is 1.92. The predicted molar refractivity (Wildman–Crippen MR) is 66.1 cm³/mol. The second kappa shape index (κ2) is 6.23. The van der Waals surface area contributed by atoms with Gasteiger partial charge in [0.2, 0.25) is 0 Å². The second-order valence-corrected chi connectivity index (χ2v) is 4.23. The first-order valence-electron chi connectivity index (χ1n) is 6.17. The van der Waals surface area contributed by atoms with Gasteiger partial charge in [-0.05, 0) is 25.0 Å². The van der Waals surface area contributed by atoms with E-state index in [0.717, 1.165) is 25.9 Å². The quantitative estimate of drug-likeness (QED) is 0.833. The normalized spacial score (nSPS) is 14.6. The number of nitrogens with one attached hydrogen (secondary N) is 1. The maximum atomic E-state index is 12.9. The minimum absolute atomic E-state index is 0.0460. The molecule has 0 saturated carbocycles. The molecule has 0 aliphatic carbocycles. The Hall–Kier alpha value is -1.78. The summed E-state index contributed by atoms with van der Waals surface area (Å²) < 4.78 is 18.2. The third kappa shape index (κ3) is 3.61. The smallest absolute Gasteiger partial charge is 0.317 e. The van der Waals surface area contributed by atoms with E-state index in [0.29, 0.717) is 18.9 Å². The van der Waals surface area contributed by atoms with Crippen molar-refractivity contribution < 1.29 is 13.9 Å². The first-order chi connectivity index (χ1) is 8.75. The molecule has 2 rings (SSSR count). The number of rotatable bonds is 4. The Bertz CT molecular complexity index is 406. The molecule has 0 radical (unpaired) electrons. The van der Waals surface area contributed by atoms with Crippen LogP contribution in [0.1, 0.15) is 12.8 Å². The van der Waals surface area contributed by atoms with E-state index in [2.05, 4.69) is 5.32 Å². The molecule has 0 spiro atoms. The van der Waals surface area contributed by atoms with Gasteiger partial charge in [0.05, 0.1) is 6.54 Å². The first kappa shape index (κ1) is 12.7. The summed E-state index contributed by atoms with van der Waals surface area (Å²) in [5.74, 6) is 0.152. The number of benzene rings is 1. The number of halogens is 1. The van der Waals surface area contributed by atoms with Gasteiger partial charge in [-0.15, -0.1) is 0 Å². The molecule has 1 N–H and O–H groups in total. The lowest BCUT2D eigenvalue weighted by atomic mass is 10.3. The Morgan fingerprint density at radius 1 is 1.39 bits per heavy atom. The van der Waals surface area contributed by atoms with E-state index in [1.165, 1.54) is 12.1 Å². The fourth-order valence-electron chi connectivity index (χ4n) is 1.92. The highest BCUT2D eigenvalue weighted by Crippen LogP contribution is 2.11. The number of amides is 2. The van der Waals surface area contributed by atoms with Gasteiger partial charge in [0.25, 0.3) is 0 Å². The molecule has 1 aromatic rings. The van der Waals surface area contributed by atoms with Crippen LogP contribution in [0.25, 0.3) is 0 Å². The lowest BCUT2D eigenvalue weighted by Gasteiger charge is -2.16. The van der Waals surface area contributed by atoms with E-state index in [4.69, 9.17) is 4.74 Å². The molecule has 0 aromatic heterocycles. The molecule has 1 fully saturated rings. The molecule has 98 valence electrons. The van der Waals surface area contributed by atoms with Crippen molar-refractivity contribution in [2.45, 2.75) is 12.8 Å². The van der Waals surface area contributed by atoms with Gasteiger partial charge in [-0.1, -0.05) is 6.07 Å². The summed E-state index contributed by atoms with van der Waals surface area (Å²) in [6.07, 6.45) is 2.15. The number of carbonyl (C=O) groups excluding carboxylic acids is 1. The standard InChI is InChI=1S/C13H17FN2O2/c14-11-4-3-5-12(10-11)18-9-6-15-13(17)16-7-1-2-8-16/h3-5,10H,1-2,6-9H2,(H,15,17). The molecule has 4 nitrogen and oxygen atoms in total. The fraction of sp³-hybridized carbons (Fsp3) is 0.462. The van der Waals surface area contributed by atoms with Gasteiger partial charge in [0, 0.05) is 19.2 Å². The van der Waals surface area contributed by atoms with Crippen LogP contribution < -0.4 is 10.1 Å². The second-order valence-electron chi connectivity index (χ2n) is 4.23. The summed E-state index contributed by atoms with van der Waals surface area (Å²) >= 11 is 0. The van der Waals surface area contributed by atoms with Crippen molar-refractivity contribution in [3.63, 3.8) is 0 Å². The maximum Gasteiger partial charge on any atom is 0.317 e. The zero-order valence-electron chi connectivity index (χ0n) is 10.2. The Morgan fingerprint density at radius 3 is 2.89 bits per heavy atom. The summed E-state index contributed by atoms with van der Waals surface area (Å²) in [7, 11) is 0. The van der Waals surface area contributed by atoms with Crippen molar-refractivity contribution >= 4 is 6.03 Å². The molecular weight excluding hydrogens is 235 g/mol. The van der Waals surface area contributed by atoms with E-state index >= 15 is 0 Å². The topological polar surface area (TPSA) is 41.6 Å². The van der Waals surface area contributed by atoms with Crippen LogP contribution in [0, 0.1) is 5.82 Å². The molecule has 0 atom stereocenters. The largest absolute Gasteiger partial charge is 0.492 e. The molecule has 1 aliphatic rings. The molecule has 1 aromatic carbocycles. The molecular formula is C13H17FN2O2. The van der Waals surface area contributed by atoms with E-state index in [1.807, 2.05) is 0 Å². The van der Waals surface area contributed by atoms with Crippen LogP contribution in [0.2, 0.25) is 0 Å². The number of hydrogen-bond acceptors (Lipinski definition) is 2. The van der Waals surface area contributed by atoms with Gasteiger partial charge >= 0.3 is 6.03 Å². The average molecular weight is 252 g/mol. The summed E-state index contributed by atoms with van der Waals surface area (Å²) in [5.41, 5.74) is 0. The van der Waals surface area contributed by atoms with Crippen molar-refractivity contribution in [1.29, 1.82) is 0 Å². The summed E-state index contributed by atoms with van der Waals surface area (Å²) in [6.45, 7) is 2.42. The lowest BCUT2D eigenvalue weighted by molar-refractivity contribution is 0.205. The molecule has 18 heavy (non-hydrogen) atoms. The number of carbonyl (C=O) groups is 1. The number of ether oxygens (including phenoxy) is 1. The first-order valence-corrected chi connectivity index (χ1v) is 6.17. The number of hydrogen-bond donors (Lipinski definition) is 1. The highest BCUT2D eigenvalue weighted by atomic mass is 19.1. The minimum Gasteiger partial charge on any atom is -0.492 e. The maximum absolute atomic E-state index is 12.9. The predicted octanol–water partition coefficient (Wildman–Crippen LogP) is 2.01. The van der Waals surface area contributed by atoms with E-state index in [1.54, 1.807) is 17.0 Å². The molecule has 1 aliphatic heterocycles. The van der Waals surface area contributed by atoms with Gasteiger partial charge in [-0.25, -0.2) is 9.18 Å². The zero-order chi connectivity index (χ0) is 12.8. The summed E-state index contributed by atoms with van der Waals surface area (Å²) in [4.78, 5) is 13.4. The van der Waals surface area contributed by atoms with Crippen LogP contribution in [0.15, 0.2) is 24.3 Å². The van der Waals surface area contributed by atoms with Crippen LogP contribution in [0.5, 0.6) is 5.75 Å². The number of nitrogens with zero attached hydrogens (tertiary/aromatic N) is 1. The van der Waals surface area contributed by atoms with E-state index in [-0.39, 0.29) is 11.8 Å². The lowest BCUT2D eigenvalue weighted by Crippen LogP contribution is -2.39. The number of likely N-dealkylation sites (tertiary alicyclic amines) is 1. The van der Waals surface area contributed by atoms with E-state index < -0.39 is 0 Å². The molecule has 5 heteroatoms. The monoisotopic (exact) mass is 252 g/mol. The van der Waals surface area contributed by atoms with Crippen molar-refractivity contribution in [1.82, 2.24) is 10.2 Å². The van der Waals surface area contributed by atoms with Crippen LogP contribution in [0.3, 0.4) is 0 Å². The number of urea groups is 1. The SMILES string of the molecule is O=C(NCCOc1cccc(F)c1)N1CCCC1. The van der Waals surface area contributed by atoms with Crippen molar-refractivity contribution in [3.05, 3.63) is 30.1 Å². The highest BCUT2D eigenvalue weighted by Gasteiger charge is 2.16. The van der Waals surface area contributed by atoms with Gasteiger partial charge < -0.3 is 15.0 Å². The molecule has 2 amide bonds. The van der Waals surface area contributed by atoms with Gasteiger partial charge in [-0.2, -0.15) is 0 Å². The third-order valence-electron chi connectivity index (χ3n) is 2.84. The van der Waals surface area contributed by atoms with Crippen molar-refractivity contribution in [3.8, 4) is 5.75 Å². The van der Waals surface area contributed by atoms with Crippen molar-refractivity contribution in [2.75, 3.05) is 26.2 Å². The Balaban J connectivity index is 1.65. The van der Waals surface area contributed by atoms with Crippen LogP contribution in [0.4, 0.5) is 9.18 Å². The van der Waals surface area contributed by atoms with Crippen molar-refractivity contribution in [2.24, 2.45) is 0 Å². The summed E-state index contributed by atoms with van der Waals surface area (Å²) in [5, 5.41) is 2.78. The average Bonchev–Trinajstić information content (AvgIpc) is 2.88. The Kier molecular flexibility index (Phi) is 4.39. The summed E-state index contributed by atoms with van der Waals surface area (Å²) in [6, 6.07) is 5.92. The molecule has 0 unspecified atom stereocenters. The van der Waals surface area contributed by atoms with Crippen LogP contribution >= 0.6 is 0 Å². The van der Waals surface area contributed by atoms with Gasteiger partial charge in [0.1, 0.15) is 18.2 Å². The van der Waals surface area contributed by atoms with Gasteiger partial charge in [0.15, 0.2) is 0 Å². The Morgan fingerprint density at radius 2 is 2.17 bits per heavy atom.